The van der Waals surface area contributed by atoms with E-state index in [1.54, 1.807) is 0 Å². The zero-order valence-corrected chi connectivity index (χ0v) is 17.4. The smallest absolute Gasteiger partial charge is 0.135 e. The van der Waals surface area contributed by atoms with Gasteiger partial charge in [-0.25, -0.2) is 0 Å². The van der Waals surface area contributed by atoms with Crippen molar-refractivity contribution in [3.05, 3.63) is 87.9 Å². The van der Waals surface area contributed by atoms with Crippen molar-refractivity contribution in [3.63, 3.8) is 0 Å². The van der Waals surface area contributed by atoms with Crippen LogP contribution in [0.3, 0.4) is 0 Å². The lowest BCUT2D eigenvalue weighted by atomic mass is 9.94. The third-order valence-corrected chi connectivity index (χ3v) is 5.79. The van der Waals surface area contributed by atoms with E-state index in [9.17, 15) is 5.26 Å². The van der Waals surface area contributed by atoms with Gasteiger partial charge >= 0.3 is 0 Å². The van der Waals surface area contributed by atoms with Gasteiger partial charge in [-0.2, -0.15) is 5.26 Å². The Hall–Kier alpha value is -3.84. The summed E-state index contributed by atoms with van der Waals surface area (Å²) in [7, 11) is 0. The molecule has 0 bridgehead atoms. The summed E-state index contributed by atoms with van der Waals surface area (Å²) in [6.45, 7) is 8.02. The normalized spacial score (nSPS) is 15.8. The number of hydrogen-bond acceptors (Lipinski definition) is 3. The average Bonchev–Trinajstić information content (AvgIpc) is 3.35. The molecule has 3 heterocycles. The number of aliphatic imine (C=N–C) groups is 1. The maximum atomic E-state index is 9.61. The maximum absolute atomic E-state index is 9.61. The van der Waals surface area contributed by atoms with Crippen LogP contribution in [0.25, 0.3) is 27.5 Å². The number of fused-ring (bicyclic) bond motifs is 3. The van der Waals surface area contributed by atoms with Crippen molar-refractivity contribution in [1.29, 1.82) is 5.26 Å². The van der Waals surface area contributed by atoms with Crippen molar-refractivity contribution in [2.24, 2.45) is 4.99 Å². The largest absolute Gasteiger partial charge is 0.456 e. The molecule has 1 N–H and O–H groups in total. The van der Waals surface area contributed by atoms with Gasteiger partial charge in [-0.05, 0) is 68.7 Å². The molecule has 0 amide bonds. The lowest BCUT2D eigenvalue weighted by molar-refractivity contribution is 0.669. The van der Waals surface area contributed by atoms with Crippen LogP contribution in [0.1, 0.15) is 36.4 Å². The summed E-state index contributed by atoms with van der Waals surface area (Å²) < 4.78 is 6.02. The van der Waals surface area contributed by atoms with Gasteiger partial charge in [-0.15, -0.1) is 0 Å². The van der Waals surface area contributed by atoms with Crippen LogP contribution in [0.5, 0.6) is 0 Å². The molecule has 0 saturated heterocycles. The monoisotopic (exact) mass is 391 g/mol. The molecule has 4 aromatic rings. The molecule has 2 aromatic carbocycles. The molecule has 1 aliphatic rings. The molecule has 0 spiro atoms. The molecule has 2 aromatic heterocycles. The quantitative estimate of drug-likeness (QED) is 0.418. The summed E-state index contributed by atoms with van der Waals surface area (Å²) in [6, 6.07) is 18.8. The van der Waals surface area contributed by atoms with E-state index in [0.29, 0.717) is 5.57 Å². The number of aryl methyl sites for hydroxylation is 2. The molecule has 4 nitrogen and oxygen atoms in total. The van der Waals surface area contributed by atoms with Crippen molar-refractivity contribution >= 4 is 33.2 Å². The Balaban J connectivity index is 1.86. The highest BCUT2D eigenvalue weighted by Crippen LogP contribution is 2.39. The summed E-state index contributed by atoms with van der Waals surface area (Å²) in [5.74, 6) is 0. The van der Waals surface area contributed by atoms with E-state index in [0.717, 1.165) is 67.0 Å². The standard InChI is InChI=1S/C26H21N3O/c1-14-11-15(2)28-25(14)24(26-16(3)21(13-27)17(4)29-26)18-9-10-23-20(12-18)19-7-5-6-8-22(19)30-23/h5-12,28H,1-4H3. The van der Waals surface area contributed by atoms with E-state index < -0.39 is 0 Å². The Morgan fingerprint density at radius 3 is 2.43 bits per heavy atom. The van der Waals surface area contributed by atoms with Crippen LogP contribution >= 0.6 is 0 Å². The third kappa shape index (κ3) is 2.63. The molecule has 0 unspecified atom stereocenters. The number of hydrogen-bond donors (Lipinski definition) is 1. The summed E-state index contributed by atoms with van der Waals surface area (Å²) in [5.41, 5.74) is 10.2. The second-order valence-electron chi connectivity index (χ2n) is 7.85. The van der Waals surface area contributed by atoms with Crippen molar-refractivity contribution in [2.45, 2.75) is 27.7 Å². The molecule has 0 radical (unpaired) electrons. The number of benzene rings is 2. The summed E-state index contributed by atoms with van der Waals surface area (Å²) in [5, 5.41) is 11.8. The van der Waals surface area contributed by atoms with Gasteiger partial charge in [0.05, 0.1) is 22.7 Å². The molecule has 0 atom stereocenters. The molecule has 1 aliphatic heterocycles. The predicted octanol–water partition coefficient (Wildman–Crippen LogP) is 6.60. The Labute approximate surface area is 174 Å². The predicted molar refractivity (Wildman–Crippen MR) is 121 cm³/mol. The lowest BCUT2D eigenvalue weighted by Crippen LogP contribution is -1.96. The summed E-state index contributed by atoms with van der Waals surface area (Å²) in [4.78, 5) is 8.32. The highest BCUT2D eigenvalue weighted by Gasteiger charge is 2.24. The fraction of sp³-hybridized carbons (Fsp3) is 0.154. The van der Waals surface area contributed by atoms with E-state index in [-0.39, 0.29) is 0 Å². The van der Waals surface area contributed by atoms with Gasteiger partial charge < -0.3 is 9.40 Å². The molecule has 0 saturated carbocycles. The highest BCUT2D eigenvalue weighted by atomic mass is 16.3. The second kappa shape index (κ2) is 6.60. The first-order valence-corrected chi connectivity index (χ1v) is 9.97. The van der Waals surface area contributed by atoms with Crippen LogP contribution < -0.4 is 0 Å². The topological polar surface area (TPSA) is 65.1 Å². The van der Waals surface area contributed by atoms with Crippen LogP contribution in [-0.2, 0) is 0 Å². The number of nitriles is 1. The van der Waals surface area contributed by atoms with E-state index >= 15 is 0 Å². The van der Waals surface area contributed by atoms with Crippen molar-refractivity contribution in [3.8, 4) is 6.07 Å². The first-order chi connectivity index (χ1) is 14.5. The second-order valence-corrected chi connectivity index (χ2v) is 7.85. The zero-order valence-electron chi connectivity index (χ0n) is 17.4. The average molecular weight is 391 g/mol. The number of aromatic nitrogens is 1. The molecular weight excluding hydrogens is 370 g/mol. The van der Waals surface area contributed by atoms with Crippen LogP contribution in [0.2, 0.25) is 0 Å². The Morgan fingerprint density at radius 1 is 0.967 bits per heavy atom. The number of allylic oxidation sites excluding steroid dienone is 2. The zero-order chi connectivity index (χ0) is 21.0. The van der Waals surface area contributed by atoms with Crippen LogP contribution in [0, 0.1) is 25.2 Å². The minimum Gasteiger partial charge on any atom is -0.456 e. The van der Waals surface area contributed by atoms with E-state index in [2.05, 4.69) is 49.2 Å². The Kier molecular flexibility index (Phi) is 4.01. The summed E-state index contributed by atoms with van der Waals surface area (Å²) >= 11 is 0. The molecule has 30 heavy (non-hydrogen) atoms. The van der Waals surface area contributed by atoms with Crippen molar-refractivity contribution < 1.29 is 4.42 Å². The first kappa shape index (κ1) is 18.2. The number of furan rings is 1. The first-order valence-electron chi connectivity index (χ1n) is 9.97. The van der Waals surface area contributed by atoms with Gasteiger partial charge in [-0.3, -0.25) is 4.99 Å². The molecule has 146 valence electrons. The maximum Gasteiger partial charge on any atom is 0.135 e. The SMILES string of the molecule is CC1=NC(=C(c2ccc3oc4ccccc4c3c2)c2[nH]c(C)cc2C)C(C)=C1C#N. The van der Waals surface area contributed by atoms with Gasteiger partial charge in [0.1, 0.15) is 17.2 Å². The number of nitrogens with one attached hydrogen (secondary N) is 1. The van der Waals surface area contributed by atoms with Gasteiger partial charge in [0, 0.05) is 22.0 Å². The van der Waals surface area contributed by atoms with Crippen molar-refractivity contribution in [2.75, 3.05) is 0 Å². The molecule has 5 rings (SSSR count). The number of rotatable bonds is 2. The lowest BCUT2D eigenvalue weighted by Gasteiger charge is -2.12. The van der Waals surface area contributed by atoms with Crippen molar-refractivity contribution in [1.82, 2.24) is 4.98 Å². The van der Waals surface area contributed by atoms with E-state index in [4.69, 9.17) is 9.41 Å². The molecule has 0 aliphatic carbocycles. The van der Waals surface area contributed by atoms with E-state index in [1.807, 2.05) is 38.1 Å². The Bertz CT molecular complexity index is 1480. The molecule has 4 heteroatoms. The highest BCUT2D eigenvalue weighted by molar-refractivity contribution is 6.09. The fourth-order valence-corrected chi connectivity index (χ4v) is 4.37. The number of H-pyrrole nitrogens is 1. The summed E-state index contributed by atoms with van der Waals surface area (Å²) in [6.07, 6.45) is 0. The van der Waals surface area contributed by atoms with Gasteiger partial charge in [0.2, 0.25) is 0 Å². The van der Waals surface area contributed by atoms with Crippen LogP contribution in [-0.4, -0.2) is 10.7 Å². The number of aromatic amines is 1. The fourth-order valence-electron chi connectivity index (χ4n) is 4.37. The van der Waals surface area contributed by atoms with Crippen LogP contribution in [0.4, 0.5) is 0 Å². The van der Waals surface area contributed by atoms with Gasteiger partial charge in [0.15, 0.2) is 0 Å². The minimum absolute atomic E-state index is 0.651. The Morgan fingerprint density at radius 2 is 1.73 bits per heavy atom. The minimum atomic E-state index is 0.651. The molecular formula is C26H21N3O. The molecule has 0 fully saturated rings. The number of nitrogens with zero attached hydrogens (tertiary/aromatic N) is 2. The third-order valence-electron chi connectivity index (χ3n) is 5.79. The van der Waals surface area contributed by atoms with E-state index in [1.165, 1.54) is 0 Å². The van der Waals surface area contributed by atoms with Gasteiger partial charge in [0.25, 0.3) is 0 Å². The number of para-hydroxylation sites is 1. The van der Waals surface area contributed by atoms with Gasteiger partial charge in [-0.1, -0.05) is 24.3 Å². The van der Waals surface area contributed by atoms with Crippen LogP contribution in [0.15, 0.2) is 74.8 Å².